The molecular formula is C22H13ClN2O3S. The Morgan fingerprint density at radius 1 is 1.17 bits per heavy atom. The van der Waals surface area contributed by atoms with E-state index in [1.807, 2.05) is 12.1 Å². The molecule has 2 heterocycles. The lowest BCUT2D eigenvalue weighted by Crippen LogP contribution is -2.25. The Kier molecular flexibility index (Phi) is 4.93. The van der Waals surface area contributed by atoms with Crippen LogP contribution in [0.3, 0.4) is 0 Å². The number of rotatable bonds is 4. The molecule has 2 aromatic carbocycles. The maximum atomic E-state index is 13.0. The highest BCUT2D eigenvalue weighted by Gasteiger charge is 2.21. The zero-order chi connectivity index (χ0) is 20.5. The van der Waals surface area contributed by atoms with Crippen LogP contribution >= 0.6 is 22.9 Å². The Balaban J connectivity index is 1.88. The highest BCUT2D eigenvalue weighted by atomic mass is 35.5. The molecule has 7 heteroatoms. The van der Waals surface area contributed by atoms with Crippen molar-refractivity contribution in [2.45, 2.75) is 0 Å². The van der Waals surface area contributed by atoms with E-state index in [2.05, 4.69) is 6.07 Å². The van der Waals surface area contributed by atoms with Gasteiger partial charge in [0.2, 0.25) is 5.78 Å². The predicted octanol–water partition coefficient (Wildman–Crippen LogP) is 3.67. The summed E-state index contributed by atoms with van der Waals surface area (Å²) < 4.78 is 6.89. The number of hydrogen-bond acceptors (Lipinski definition) is 5. The Hall–Kier alpha value is -3.40. The maximum absolute atomic E-state index is 13.0. The molecule has 0 saturated heterocycles. The van der Waals surface area contributed by atoms with E-state index in [4.69, 9.17) is 16.3 Å². The van der Waals surface area contributed by atoms with Gasteiger partial charge in [0.15, 0.2) is 0 Å². The van der Waals surface area contributed by atoms with E-state index in [9.17, 15) is 14.9 Å². The Morgan fingerprint density at radius 2 is 1.86 bits per heavy atom. The van der Waals surface area contributed by atoms with Crippen molar-refractivity contribution in [2.75, 3.05) is 7.11 Å². The van der Waals surface area contributed by atoms with Gasteiger partial charge >= 0.3 is 0 Å². The molecule has 0 saturated carbocycles. The van der Waals surface area contributed by atoms with Gasteiger partial charge < -0.3 is 4.74 Å². The van der Waals surface area contributed by atoms with Gasteiger partial charge in [0.25, 0.3) is 5.56 Å². The van der Waals surface area contributed by atoms with E-state index in [0.717, 1.165) is 5.56 Å². The third kappa shape index (κ3) is 3.42. The van der Waals surface area contributed by atoms with Gasteiger partial charge in [-0.25, -0.2) is 0 Å². The van der Waals surface area contributed by atoms with Crippen LogP contribution in [0, 0.1) is 11.3 Å². The number of nitriles is 1. The molecule has 5 nitrogen and oxygen atoms in total. The van der Waals surface area contributed by atoms with Crippen molar-refractivity contribution < 1.29 is 9.53 Å². The summed E-state index contributed by atoms with van der Waals surface area (Å²) in [5.74, 6) is 0.371. The molecule has 0 N–H and O–H groups in total. The summed E-state index contributed by atoms with van der Waals surface area (Å²) >= 11 is 7.07. The number of ether oxygens (including phenoxy) is 1. The van der Waals surface area contributed by atoms with Crippen LogP contribution in [-0.4, -0.2) is 17.3 Å². The molecule has 0 unspecified atom stereocenters. The number of methoxy groups -OCH3 is 1. The summed E-state index contributed by atoms with van der Waals surface area (Å²) in [6, 6.07) is 17.2. The first-order valence-corrected chi connectivity index (χ1v) is 9.75. The van der Waals surface area contributed by atoms with Crippen LogP contribution in [0.15, 0.2) is 59.4 Å². The van der Waals surface area contributed by atoms with Gasteiger partial charge in [-0.15, -0.1) is 11.3 Å². The number of nitrogens with zero attached hydrogens (tertiary/aromatic N) is 2. The first-order valence-electron chi connectivity index (χ1n) is 8.56. The van der Waals surface area contributed by atoms with Gasteiger partial charge in [0, 0.05) is 10.6 Å². The molecule has 0 radical (unpaired) electrons. The van der Waals surface area contributed by atoms with Gasteiger partial charge in [-0.3, -0.25) is 14.0 Å². The maximum Gasteiger partial charge on any atom is 0.273 e. The van der Waals surface area contributed by atoms with E-state index in [1.165, 1.54) is 21.8 Å². The first-order chi connectivity index (χ1) is 14.0. The second-order valence-electron chi connectivity index (χ2n) is 6.22. The first kappa shape index (κ1) is 18.9. The number of fused-ring (bicyclic) bond motifs is 1. The average molecular weight is 421 g/mol. The highest BCUT2D eigenvalue weighted by molar-refractivity contribution is 7.15. The summed E-state index contributed by atoms with van der Waals surface area (Å²) in [7, 11) is 1.58. The van der Waals surface area contributed by atoms with Crippen LogP contribution in [-0.2, 0) is 0 Å². The van der Waals surface area contributed by atoms with Crippen molar-refractivity contribution >= 4 is 39.6 Å². The van der Waals surface area contributed by atoms with E-state index in [1.54, 1.807) is 49.6 Å². The number of benzene rings is 2. The highest BCUT2D eigenvalue weighted by Crippen LogP contribution is 2.21. The fourth-order valence-corrected chi connectivity index (χ4v) is 4.19. The third-order valence-corrected chi connectivity index (χ3v) is 5.81. The lowest BCUT2D eigenvalue weighted by Gasteiger charge is -2.00. The smallest absolute Gasteiger partial charge is 0.273 e. The summed E-state index contributed by atoms with van der Waals surface area (Å²) in [5, 5.41) is 9.98. The van der Waals surface area contributed by atoms with Crippen LogP contribution in [0.1, 0.15) is 27.2 Å². The lowest BCUT2D eigenvalue weighted by molar-refractivity contribution is 0.103. The minimum absolute atomic E-state index is 0.162. The molecule has 0 fully saturated rings. The van der Waals surface area contributed by atoms with Gasteiger partial charge in [-0.2, -0.15) is 5.26 Å². The van der Waals surface area contributed by atoms with Crippen LogP contribution in [0.5, 0.6) is 5.75 Å². The molecule has 142 valence electrons. The Bertz CT molecular complexity index is 1380. The molecule has 0 aliphatic rings. The van der Waals surface area contributed by atoms with E-state index in [-0.39, 0.29) is 17.0 Å². The lowest BCUT2D eigenvalue weighted by atomic mass is 10.1. The largest absolute Gasteiger partial charge is 0.497 e. The second-order valence-corrected chi connectivity index (χ2v) is 7.69. The van der Waals surface area contributed by atoms with Crippen LogP contribution in [0.4, 0.5) is 0 Å². The van der Waals surface area contributed by atoms with Crippen molar-refractivity contribution in [3.8, 4) is 11.8 Å². The van der Waals surface area contributed by atoms with E-state index < -0.39 is 0 Å². The topological polar surface area (TPSA) is 71.6 Å². The molecule has 29 heavy (non-hydrogen) atoms. The van der Waals surface area contributed by atoms with Crippen LogP contribution < -0.4 is 14.8 Å². The third-order valence-electron chi connectivity index (χ3n) is 4.45. The van der Waals surface area contributed by atoms with Crippen LogP contribution in [0.25, 0.3) is 10.9 Å². The minimum Gasteiger partial charge on any atom is -0.497 e. The van der Waals surface area contributed by atoms with Gasteiger partial charge in [-0.1, -0.05) is 23.7 Å². The molecule has 0 atom stereocenters. The number of thiazole rings is 1. The molecule has 2 aromatic heterocycles. The Labute approximate surface area is 174 Å². The molecule has 4 aromatic rings. The number of carbonyl (C=O) groups is 1. The second kappa shape index (κ2) is 7.55. The van der Waals surface area contributed by atoms with E-state index >= 15 is 0 Å². The summed E-state index contributed by atoms with van der Waals surface area (Å²) in [4.78, 5) is 26.4. The number of halogens is 1. The molecule has 0 aliphatic heterocycles. The van der Waals surface area contributed by atoms with Crippen LogP contribution in [0.2, 0.25) is 5.02 Å². The fraction of sp³-hybridized carbons (Fsp3) is 0.0455. The standard InChI is InChI=1S/C22H13ClN2O3S/c1-28-17-8-2-13(3-9-17)10-19-21(27)25-18(11-15(12-24)22(25)29-19)20(26)14-4-6-16(23)7-5-14/h2-11H,1H3/b19-10-. The molecule has 0 amide bonds. The van der Waals surface area contributed by atoms with Gasteiger partial charge in [-0.05, 0) is 54.1 Å². The van der Waals surface area contributed by atoms with Crippen molar-refractivity contribution in [2.24, 2.45) is 0 Å². The molecule has 4 rings (SSSR count). The zero-order valence-electron chi connectivity index (χ0n) is 15.2. The average Bonchev–Trinajstić information content (AvgIpc) is 3.26. The summed E-state index contributed by atoms with van der Waals surface area (Å²) in [5.41, 5.74) is 1.33. The number of aromatic nitrogens is 1. The van der Waals surface area contributed by atoms with Crippen molar-refractivity contribution in [1.82, 2.24) is 4.40 Å². The van der Waals surface area contributed by atoms with Crippen molar-refractivity contribution in [3.63, 3.8) is 0 Å². The monoisotopic (exact) mass is 420 g/mol. The van der Waals surface area contributed by atoms with Crippen molar-refractivity contribution in [1.29, 1.82) is 5.26 Å². The van der Waals surface area contributed by atoms with Gasteiger partial charge in [0.05, 0.1) is 22.9 Å². The van der Waals surface area contributed by atoms with E-state index in [0.29, 0.717) is 31.3 Å². The SMILES string of the molecule is COc1ccc(/C=c2\sc3c(C#N)cc(C(=O)c4ccc(Cl)cc4)n3c2=O)cc1. The van der Waals surface area contributed by atoms with Crippen molar-refractivity contribution in [3.05, 3.63) is 96.9 Å². The van der Waals surface area contributed by atoms with Gasteiger partial charge in [0.1, 0.15) is 16.6 Å². The number of hydrogen-bond donors (Lipinski definition) is 0. The normalized spacial score (nSPS) is 11.6. The summed E-state index contributed by atoms with van der Waals surface area (Å²) in [6.45, 7) is 0. The quantitative estimate of drug-likeness (QED) is 0.472. The summed E-state index contributed by atoms with van der Waals surface area (Å²) in [6.07, 6.45) is 1.73. The molecule has 0 bridgehead atoms. The molecular weight excluding hydrogens is 408 g/mol. The zero-order valence-corrected chi connectivity index (χ0v) is 16.8. The Morgan fingerprint density at radius 3 is 2.48 bits per heavy atom. The molecule has 0 spiro atoms. The minimum atomic E-state index is -0.343. The predicted molar refractivity (Wildman–Crippen MR) is 113 cm³/mol. The number of ketones is 1. The fourth-order valence-electron chi connectivity index (χ4n) is 2.99. The molecule has 0 aliphatic carbocycles. The number of carbonyl (C=O) groups excluding carboxylic acids is 1.